The molecule has 0 amide bonds. The first-order valence-corrected chi connectivity index (χ1v) is 7.70. The molecule has 0 aliphatic rings. The van der Waals surface area contributed by atoms with Crippen LogP contribution in [0.1, 0.15) is 5.56 Å². The van der Waals surface area contributed by atoms with Gasteiger partial charge in [-0.1, -0.05) is 47.5 Å². The molecule has 0 saturated heterocycles. The van der Waals surface area contributed by atoms with Crippen LogP contribution in [-0.4, -0.2) is 4.98 Å². The minimum absolute atomic E-state index is 0.228. The highest BCUT2D eigenvalue weighted by Gasteiger charge is 2.31. The van der Waals surface area contributed by atoms with E-state index >= 15 is 0 Å². The standard InChI is InChI=1S/C18H10Cl2F3N/c19-14-5-1-11(2-6-14)16-9-13(18(21,22)23)10-17(24-16)12-3-7-15(20)8-4-12/h1-10H. The molecule has 24 heavy (non-hydrogen) atoms. The Hall–Kier alpha value is -2.04. The zero-order valence-corrected chi connectivity index (χ0v) is 13.6. The van der Waals surface area contributed by atoms with Gasteiger partial charge in [0, 0.05) is 21.2 Å². The Morgan fingerprint density at radius 1 is 0.667 bits per heavy atom. The second-order valence-corrected chi connectivity index (χ2v) is 6.01. The quantitative estimate of drug-likeness (QED) is 0.488. The molecule has 1 aromatic heterocycles. The number of benzene rings is 2. The van der Waals surface area contributed by atoms with E-state index in [1.165, 1.54) is 0 Å². The molecule has 0 unspecified atom stereocenters. The van der Waals surface area contributed by atoms with Crippen LogP contribution in [0.4, 0.5) is 13.2 Å². The van der Waals surface area contributed by atoms with Crippen LogP contribution in [0.15, 0.2) is 60.7 Å². The fraction of sp³-hybridized carbons (Fsp3) is 0.0556. The molecule has 0 aliphatic heterocycles. The van der Waals surface area contributed by atoms with Crippen LogP contribution in [0.3, 0.4) is 0 Å². The molecule has 0 fully saturated rings. The van der Waals surface area contributed by atoms with Gasteiger partial charge < -0.3 is 0 Å². The van der Waals surface area contributed by atoms with E-state index in [1.807, 2.05) is 0 Å². The Kier molecular flexibility index (Phi) is 4.52. The van der Waals surface area contributed by atoms with Crippen molar-refractivity contribution in [2.75, 3.05) is 0 Å². The summed E-state index contributed by atoms with van der Waals surface area (Å²) >= 11 is 11.7. The molecule has 0 saturated carbocycles. The van der Waals surface area contributed by atoms with Gasteiger partial charge in [-0.05, 0) is 36.4 Å². The lowest BCUT2D eigenvalue weighted by molar-refractivity contribution is -0.137. The van der Waals surface area contributed by atoms with Gasteiger partial charge in [0.05, 0.1) is 17.0 Å². The average molecular weight is 368 g/mol. The van der Waals surface area contributed by atoms with E-state index in [0.29, 0.717) is 21.2 Å². The largest absolute Gasteiger partial charge is 0.416 e. The predicted molar refractivity (Wildman–Crippen MR) is 90.1 cm³/mol. The molecular weight excluding hydrogens is 358 g/mol. The highest BCUT2D eigenvalue weighted by Crippen LogP contribution is 2.35. The molecular formula is C18H10Cl2F3N. The van der Waals surface area contributed by atoms with Gasteiger partial charge in [-0.15, -0.1) is 0 Å². The maximum Gasteiger partial charge on any atom is 0.416 e. The van der Waals surface area contributed by atoms with Crippen LogP contribution in [0.25, 0.3) is 22.5 Å². The molecule has 122 valence electrons. The van der Waals surface area contributed by atoms with E-state index in [4.69, 9.17) is 23.2 Å². The Balaban J connectivity index is 2.17. The van der Waals surface area contributed by atoms with Gasteiger partial charge in [-0.25, -0.2) is 4.98 Å². The summed E-state index contributed by atoms with van der Waals surface area (Å²) in [5.74, 6) is 0. The average Bonchev–Trinajstić information content (AvgIpc) is 2.55. The zero-order valence-electron chi connectivity index (χ0n) is 12.1. The van der Waals surface area contributed by atoms with Crippen molar-refractivity contribution in [3.8, 4) is 22.5 Å². The first-order chi connectivity index (χ1) is 11.3. The number of hydrogen-bond donors (Lipinski definition) is 0. The minimum atomic E-state index is -4.47. The normalized spacial score (nSPS) is 11.5. The van der Waals surface area contributed by atoms with E-state index in [-0.39, 0.29) is 11.4 Å². The minimum Gasteiger partial charge on any atom is -0.248 e. The molecule has 6 heteroatoms. The molecule has 2 aromatic carbocycles. The number of hydrogen-bond acceptors (Lipinski definition) is 1. The van der Waals surface area contributed by atoms with E-state index in [1.54, 1.807) is 48.5 Å². The van der Waals surface area contributed by atoms with Crippen molar-refractivity contribution in [2.45, 2.75) is 6.18 Å². The van der Waals surface area contributed by atoms with Crippen LogP contribution in [0.5, 0.6) is 0 Å². The van der Waals surface area contributed by atoms with Gasteiger partial charge in [0.15, 0.2) is 0 Å². The van der Waals surface area contributed by atoms with Crippen molar-refractivity contribution in [1.82, 2.24) is 4.98 Å². The smallest absolute Gasteiger partial charge is 0.248 e. The molecule has 0 bridgehead atoms. The highest BCUT2D eigenvalue weighted by molar-refractivity contribution is 6.30. The topological polar surface area (TPSA) is 12.9 Å². The van der Waals surface area contributed by atoms with Crippen molar-refractivity contribution < 1.29 is 13.2 Å². The van der Waals surface area contributed by atoms with Crippen molar-refractivity contribution >= 4 is 23.2 Å². The maximum absolute atomic E-state index is 13.2. The van der Waals surface area contributed by atoms with Crippen molar-refractivity contribution in [3.05, 3.63) is 76.3 Å². The van der Waals surface area contributed by atoms with Gasteiger partial charge in [-0.2, -0.15) is 13.2 Å². The van der Waals surface area contributed by atoms with E-state index in [2.05, 4.69) is 4.98 Å². The summed E-state index contributed by atoms with van der Waals surface area (Å²) in [6, 6.07) is 15.0. The van der Waals surface area contributed by atoms with Crippen LogP contribution >= 0.6 is 23.2 Å². The second-order valence-electron chi connectivity index (χ2n) is 5.14. The number of halogens is 5. The molecule has 1 heterocycles. The van der Waals surface area contributed by atoms with Crippen LogP contribution < -0.4 is 0 Å². The molecule has 0 aliphatic carbocycles. The van der Waals surface area contributed by atoms with Crippen LogP contribution in [-0.2, 0) is 6.18 Å². The third-order valence-corrected chi connectivity index (χ3v) is 3.94. The SMILES string of the molecule is FC(F)(F)c1cc(-c2ccc(Cl)cc2)nc(-c2ccc(Cl)cc2)c1. The lowest BCUT2D eigenvalue weighted by Crippen LogP contribution is -2.06. The first kappa shape index (κ1) is 16.8. The number of rotatable bonds is 2. The number of nitrogens with zero attached hydrogens (tertiary/aromatic N) is 1. The summed E-state index contributed by atoms with van der Waals surface area (Å²) in [6.07, 6.45) is -4.47. The third kappa shape index (κ3) is 3.71. The van der Waals surface area contributed by atoms with E-state index in [0.717, 1.165) is 12.1 Å². The number of aromatic nitrogens is 1. The van der Waals surface area contributed by atoms with Crippen LogP contribution in [0, 0.1) is 0 Å². The van der Waals surface area contributed by atoms with E-state index < -0.39 is 11.7 Å². The zero-order chi connectivity index (χ0) is 17.3. The second kappa shape index (κ2) is 6.46. The van der Waals surface area contributed by atoms with Crippen molar-refractivity contribution in [2.24, 2.45) is 0 Å². The molecule has 0 N–H and O–H groups in total. The Bertz CT molecular complexity index is 793. The molecule has 0 spiro atoms. The number of pyridine rings is 1. The summed E-state index contributed by atoms with van der Waals surface area (Å²) in [4.78, 5) is 4.36. The molecule has 1 nitrogen and oxygen atoms in total. The Morgan fingerprint density at radius 2 is 1.04 bits per heavy atom. The fourth-order valence-corrected chi connectivity index (χ4v) is 2.48. The highest BCUT2D eigenvalue weighted by atomic mass is 35.5. The summed E-state index contributed by atoms with van der Waals surface area (Å²) in [5, 5.41) is 1.01. The van der Waals surface area contributed by atoms with Gasteiger partial charge in [0.1, 0.15) is 0 Å². The van der Waals surface area contributed by atoms with Crippen LogP contribution in [0.2, 0.25) is 10.0 Å². The lowest BCUT2D eigenvalue weighted by Gasteiger charge is -2.12. The molecule has 0 atom stereocenters. The summed E-state index contributed by atoms with van der Waals surface area (Å²) in [6.45, 7) is 0. The van der Waals surface area contributed by atoms with Crippen molar-refractivity contribution in [3.63, 3.8) is 0 Å². The summed E-state index contributed by atoms with van der Waals surface area (Å²) in [7, 11) is 0. The molecule has 3 rings (SSSR count). The Morgan fingerprint density at radius 3 is 1.38 bits per heavy atom. The third-order valence-electron chi connectivity index (χ3n) is 3.43. The van der Waals surface area contributed by atoms with E-state index in [9.17, 15) is 13.2 Å². The van der Waals surface area contributed by atoms with Crippen molar-refractivity contribution in [1.29, 1.82) is 0 Å². The van der Waals surface area contributed by atoms with Gasteiger partial charge >= 0.3 is 6.18 Å². The fourth-order valence-electron chi connectivity index (χ4n) is 2.23. The lowest BCUT2D eigenvalue weighted by atomic mass is 10.0. The number of alkyl halides is 3. The summed E-state index contributed by atoms with van der Waals surface area (Å²) in [5.41, 5.74) is 0.812. The van der Waals surface area contributed by atoms with Gasteiger partial charge in [-0.3, -0.25) is 0 Å². The van der Waals surface area contributed by atoms with Gasteiger partial charge in [0.25, 0.3) is 0 Å². The van der Waals surface area contributed by atoms with Gasteiger partial charge in [0.2, 0.25) is 0 Å². The summed E-state index contributed by atoms with van der Waals surface area (Å²) < 4.78 is 39.7. The monoisotopic (exact) mass is 367 g/mol. The molecule has 0 radical (unpaired) electrons. The first-order valence-electron chi connectivity index (χ1n) is 6.94. The Labute approximate surface area is 146 Å². The molecule has 3 aromatic rings. The predicted octanol–water partition coefficient (Wildman–Crippen LogP) is 6.74. The maximum atomic E-state index is 13.2.